The predicted octanol–water partition coefficient (Wildman–Crippen LogP) is 3.04. The van der Waals surface area contributed by atoms with E-state index in [1.165, 1.54) is 36.4 Å². The van der Waals surface area contributed by atoms with Gasteiger partial charge < -0.3 is 5.73 Å². The molecule has 0 aliphatic rings. The normalized spacial score (nSPS) is 11.5. The molecule has 0 atom stereocenters. The monoisotopic (exact) mass is 299 g/mol. The summed E-state index contributed by atoms with van der Waals surface area (Å²) in [6.45, 7) is 0. The van der Waals surface area contributed by atoms with Crippen LogP contribution in [0.25, 0.3) is 0 Å². The number of hydrogen-bond donors (Lipinski definition) is 1. The molecular weight excluding hydrogens is 289 g/mol. The summed E-state index contributed by atoms with van der Waals surface area (Å²) >= 11 is 5.89. The molecule has 0 heterocycles. The third kappa shape index (κ3) is 3.05. The first-order valence-electron chi connectivity index (χ1n) is 5.41. The Morgan fingerprint density at radius 2 is 1.74 bits per heavy atom. The number of halogens is 2. The van der Waals surface area contributed by atoms with E-state index in [1.807, 2.05) is 0 Å². The lowest BCUT2D eigenvalue weighted by Crippen LogP contribution is -2.08. The molecule has 0 saturated heterocycles. The summed E-state index contributed by atoms with van der Waals surface area (Å²) < 4.78 is 37.3. The van der Waals surface area contributed by atoms with Crippen LogP contribution in [0.2, 0.25) is 5.02 Å². The number of nitrogens with two attached hydrogens (primary N) is 1. The van der Waals surface area contributed by atoms with E-state index in [0.29, 0.717) is 5.56 Å². The van der Waals surface area contributed by atoms with E-state index in [9.17, 15) is 12.8 Å². The summed E-state index contributed by atoms with van der Waals surface area (Å²) in [6.07, 6.45) is 0. The van der Waals surface area contributed by atoms with Crippen molar-refractivity contribution in [3.63, 3.8) is 0 Å². The van der Waals surface area contributed by atoms with E-state index in [1.54, 1.807) is 6.07 Å². The summed E-state index contributed by atoms with van der Waals surface area (Å²) in [7, 11) is -3.67. The maximum Gasteiger partial charge on any atom is 0.186 e. The van der Waals surface area contributed by atoms with Crippen molar-refractivity contribution in [2.45, 2.75) is 10.6 Å². The zero-order chi connectivity index (χ0) is 14.0. The molecule has 3 nitrogen and oxygen atoms in total. The van der Waals surface area contributed by atoms with E-state index in [0.717, 1.165) is 0 Å². The molecule has 2 aromatic carbocycles. The molecule has 0 aliphatic heterocycles. The highest BCUT2D eigenvalue weighted by atomic mass is 35.5. The molecule has 6 heteroatoms. The Morgan fingerprint density at radius 3 is 2.32 bits per heavy atom. The van der Waals surface area contributed by atoms with Crippen LogP contribution in [0.3, 0.4) is 0 Å². The Balaban J connectivity index is 2.41. The first-order valence-corrected chi connectivity index (χ1v) is 7.44. The number of sulfone groups is 1. The summed E-state index contributed by atoms with van der Waals surface area (Å²) in [5.41, 5.74) is 6.24. The van der Waals surface area contributed by atoms with Gasteiger partial charge >= 0.3 is 0 Å². The van der Waals surface area contributed by atoms with Gasteiger partial charge in [-0.3, -0.25) is 0 Å². The van der Waals surface area contributed by atoms with Gasteiger partial charge in [0.1, 0.15) is 10.7 Å². The van der Waals surface area contributed by atoms with Crippen molar-refractivity contribution >= 4 is 27.1 Å². The fourth-order valence-electron chi connectivity index (χ4n) is 1.73. The molecule has 100 valence electrons. The molecule has 2 N–H and O–H groups in total. The summed E-state index contributed by atoms with van der Waals surface area (Å²) in [6, 6.07) is 9.77. The highest BCUT2D eigenvalue weighted by Crippen LogP contribution is 2.29. The van der Waals surface area contributed by atoms with Crippen molar-refractivity contribution in [3.05, 3.63) is 58.9 Å². The maximum absolute atomic E-state index is 12.8. The third-order valence-electron chi connectivity index (χ3n) is 2.58. The van der Waals surface area contributed by atoms with Crippen LogP contribution in [-0.2, 0) is 15.6 Å². The van der Waals surface area contributed by atoms with Crippen molar-refractivity contribution in [1.29, 1.82) is 0 Å². The minimum atomic E-state index is -3.67. The lowest BCUT2D eigenvalue weighted by atomic mass is 10.2. The quantitative estimate of drug-likeness (QED) is 0.886. The van der Waals surface area contributed by atoms with Crippen LogP contribution in [-0.4, -0.2) is 8.42 Å². The molecule has 0 aliphatic carbocycles. The molecule has 0 aromatic heterocycles. The van der Waals surface area contributed by atoms with Gasteiger partial charge in [-0.1, -0.05) is 29.8 Å². The molecule has 0 bridgehead atoms. The van der Waals surface area contributed by atoms with Crippen LogP contribution >= 0.6 is 11.6 Å². The fraction of sp³-hybridized carbons (Fsp3) is 0.0769. The second-order valence-electron chi connectivity index (χ2n) is 4.04. The van der Waals surface area contributed by atoms with Crippen LogP contribution in [0.1, 0.15) is 5.56 Å². The average Bonchev–Trinajstić information content (AvgIpc) is 2.31. The second kappa shape index (κ2) is 5.19. The first-order chi connectivity index (χ1) is 8.90. The lowest BCUT2D eigenvalue weighted by Gasteiger charge is -2.09. The third-order valence-corrected chi connectivity index (χ3v) is 4.80. The van der Waals surface area contributed by atoms with Gasteiger partial charge in [0, 0.05) is 0 Å². The zero-order valence-corrected chi connectivity index (χ0v) is 11.4. The van der Waals surface area contributed by atoms with Gasteiger partial charge in [-0.2, -0.15) is 0 Å². The smallest absolute Gasteiger partial charge is 0.186 e. The predicted molar refractivity (Wildman–Crippen MR) is 73.2 cm³/mol. The van der Waals surface area contributed by atoms with E-state index >= 15 is 0 Å². The summed E-state index contributed by atoms with van der Waals surface area (Å²) in [5, 5.41) is 0.0853. The summed E-state index contributed by atoms with van der Waals surface area (Å²) in [4.78, 5) is -0.0824. The topological polar surface area (TPSA) is 60.2 Å². The Morgan fingerprint density at radius 1 is 1.11 bits per heavy atom. The lowest BCUT2D eigenvalue weighted by molar-refractivity contribution is 0.595. The number of nitrogen functional groups attached to an aromatic ring is 1. The second-order valence-corrected chi connectivity index (χ2v) is 6.38. The molecule has 2 aromatic rings. The van der Waals surface area contributed by atoms with E-state index in [-0.39, 0.29) is 21.4 Å². The van der Waals surface area contributed by atoms with Crippen molar-refractivity contribution in [1.82, 2.24) is 0 Å². The highest BCUT2D eigenvalue weighted by Gasteiger charge is 2.21. The molecule has 19 heavy (non-hydrogen) atoms. The fourth-order valence-corrected chi connectivity index (χ4v) is 3.83. The minimum Gasteiger partial charge on any atom is -0.398 e. The van der Waals surface area contributed by atoms with Crippen molar-refractivity contribution in [3.8, 4) is 0 Å². The van der Waals surface area contributed by atoms with Crippen LogP contribution in [0, 0.1) is 5.82 Å². The summed E-state index contributed by atoms with van der Waals surface area (Å²) in [5.74, 6) is -0.695. The molecular formula is C13H11ClFNO2S. The Kier molecular flexibility index (Phi) is 3.78. The largest absolute Gasteiger partial charge is 0.398 e. The number of benzene rings is 2. The van der Waals surface area contributed by atoms with Crippen LogP contribution in [0.4, 0.5) is 10.1 Å². The Labute approximate surface area is 115 Å². The number of hydrogen-bond acceptors (Lipinski definition) is 3. The van der Waals surface area contributed by atoms with Gasteiger partial charge in [0.2, 0.25) is 0 Å². The molecule has 0 spiro atoms. The zero-order valence-electron chi connectivity index (χ0n) is 9.81. The van der Waals surface area contributed by atoms with Crippen molar-refractivity contribution < 1.29 is 12.8 Å². The van der Waals surface area contributed by atoms with E-state index in [2.05, 4.69) is 0 Å². The standard InChI is InChI=1S/C13H11ClFNO2S/c14-11-2-1-3-12(16)13(11)19(17,18)8-9-4-6-10(15)7-5-9/h1-7H,8,16H2. The SMILES string of the molecule is Nc1cccc(Cl)c1S(=O)(=O)Cc1ccc(F)cc1. The van der Waals surface area contributed by atoms with Gasteiger partial charge in [-0.05, 0) is 29.8 Å². The molecule has 2 rings (SSSR count). The molecule has 0 unspecified atom stereocenters. The van der Waals surface area contributed by atoms with Gasteiger partial charge in [0.15, 0.2) is 9.84 Å². The van der Waals surface area contributed by atoms with Gasteiger partial charge in [-0.15, -0.1) is 0 Å². The maximum atomic E-state index is 12.8. The number of rotatable bonds is 3. The van der Waals surface area contributed by atoms with E-state index < -0.39 is 15.7 Å². The van der Waals surface area contributed by atoms with E-state index in [4.69, 9.17) is 17.3 Å². The van der Waals surface area contributed by atoms with Crippen LogP contribution in [0.15, 0.2) is 47.4 Å². The van der Waals surface area contributed by atoms with Crippen molar-refractivity contribution in [2.75, 3.05) is 5.73 Å². The van der Waals surface area contributed by atoms with Gasteiger partial charge in [-0.25, -0.2) is 12.8 Å². The Hall–Kier alpha value is -1.59. The first kappa shape index (κ1) is 13.8. The molecule has 0 radical (unpaired) electrons. The number of anilines is 1. The van der Waals surface area contributed by atoms with Gasteiger partial charge in [0.25, 0.3) is 0 Å². The Bertz CT molecular complexity index is 679. The van der Waals surface area contributed by atoms with Gasteiger partial charge in [0.05, 0.1) is 16.5 Å². The van der Waals surface area contributed by atoms with Crippen LogP contribution < -0.4 is 5.73 Å². The highest BCUT2D eigenvalue weighted by molar-refractivity contribution is 7.91. The minimum absolute atomic E-state index is 0.0824. The van der Waals surface area contributed by atoms with Crippen LogP contribution in [0.5, 0.6) is 0 Å². The molecule has 0 saturated carbocycles. The molecule has 0 amide bonds. The van der Waals surface area contributed by atoms with Crippen molar-refractivity contribution in [2.24, 2.45) is 0 Å². The molecule has 0 fully saturated rings. The average molecular weight is 300 g/mol.